The van der Waals surface area contributed by atoms with Crippen LogP contribution in [0, 0.1) is 0 Å². The minimum absolute atomic E-state index is 0.000634. The molecule has 0 saturated carbocycles. The normalized spacial score (nSPS) is 11.1. The van der Waals surface area contributed by atoms with Gasteiger partial charge in [-0.2, -0.15) is 0 Å². The summed E-state index contributed by atoms with van der Waals surface area (Å²) in [7, 11) is -3.78. The monoisotopic (exact) mass is 294 g/mol. The van der Waals surface area contributed by atoms with Gasteiger partial charge in [-0.05, 0) is 12.5 Å². The molecule has 106 valence electrons. The summed E-state index contributed by atoms with van der Waals surface area (Å²) < 4.78 is 26.3. The number of anilines is 2. The molecule has 2 N–H and O–H groups in total. The maximum absolute atomic E-state index is 12.0. The predicted molar refractivity (Wildman–Crippen MR) is 73.7 cm³/mol. The summed E-state index contributed by atoms with van der Waals surface area (Å²) in [6.45, 7) is 2.73. The van der Waals surface area contributed by atoms with E-state index in [0.717, 1.165) is 13.0 Å². The summed E-state index contributed by atoms with van der Waals surface area (Å²) in [6, 6.07) is 1.59. The Labute approximate surface area is 116 Å². The summed E-state index contributed by atoms with van der Waals surface area (Å²) >= 11 is 0. The van der Waals surface area contributed by atoms with Gasteiger partial charge in [-0.25, -0.2) is 33.1 Å². The molecular formula is C11H14N6O2S. The molecule has 0 aliphatic carbocycles. The van der Waals surface area contributed by atoms with Crippen molar-refractivity contribution in [3.63, 3.8) is 0 Å². The number of aromatic nitrogens is 4. The number of sulfonamides is 1. The van der Waals surface area contributed by atoms with Crippen molar-refractivity contribution in [2.45, 2.75) is 18.2 Å². The molecule has 0 bridgehead atoms. The second-order valence-corrected chi connectivity index (χ2v) is 5.53. The van der Waals surface area contributed by atoms with Gasteiger partial charge in [0.25, 0.3) is 10.0 Å². The molecule has 0 radical (unpaired) electrons. The highest BCUT2D eigenvalue weighted by Crippen LogP contribution is 2.11. The zero-order chi connectivity index (χ0) is 14.4. The maximum Gasteiger partial charge on any atom is 0.267 e. The van der Waals surface area contributed by atoms with Crippen LogP contribution in [0.1, 0.15) is 13.3 Å². The summed E-state index contributed by atoms with van der Waals surface area (Å²) in [5.41, 5.74) is 0. The molecule has 8 nitrogen and oxygen atoms in total. The first-order valence-corrected chi connectivity index (χ1v) is 7.46. The van der Waals surface area contributed by atoms with Gasteiger partial charge in [0.05, 0.1) is 12.4 Å². The van der Waals surface area contributed by atoms with E-state index in [2.05, 4.69) is 30.0 Å². The van der Waals surface area contributed by atoms with Gasteiger partial charge in [-0.15, -0.1) is 0 Å². The van der Waals surface area contributed by atoms with Crippen LogP contribution >= 0.6 is 0 Å². The Bertz CT molecular complexity index is 644. The Morgan fingerprint density at radius 2 is 1.70 bits per heavy atom. The Morgan fingerprint density at radius 3 is 2.30 bits per heavy atom. The lowest BCUT2D eigenvalue weighted by atomic mass is 10.5. The maximum atomic E-state index is 12.0. The lowest BCUT2D eigenvalue weighted by Crippen LogP contribution is -2.16. The third-order valence-electron chi connectivity index (χ3n) is 2.26. The zero-order valence-corrected chi connectivity index (χ0v) is 11.6. The number of hydrogen-bond donors (Lipinski definition) is 2. The quantitative estimate of drug-likeness (QED) is 0.814. The average Bonchev–Trinajstić information content (AvgIpc) is 2.46. The molecular weight excluding hydrogens is 280 g/mol. The molecule has 0 aromatic carbocycles. The van der Waals surface area contributed by atoms with Crippen LogP contribution in [-0.4, -0.2) is 34.9 Å². The second-order valence-electron chi connectivity index (χ2n) is 3.85. The van der Waals surface area contributed by atoms with Crippen molar-refractivity contribution in [3.8, 4) is 0 Å². The van der Waals surface area contributed by atoms with Gasteiger partial charge in [0, 0.05) is 18.9 Å². The Hall–Kier alpha value is -2.29. The average molecular weight is 294 g/mol. The molecule has 0 aliphatic heterocycles. The summed E-state index contributed by atoms with van der Waals surface area (Å²) in [5.74, 6) is 0.391. The van der Waals surface area contributed by atoms with E-state index in [1.165, 1.54) is 24.8 Å². The van der Waals surface area contributed by atoms with Gasteiger partial charge in [0.1, 0.15) is 4.90 Å². The molecule has 0 amide bonds. The molecule has 0 saturated heterocycles. The number of nitrogens with zero attached hydrogens (tertiary/aromatic N) is 4. The van der Waals surface area contributed by atoms with Gasteiger partial charge >= 0.3 is 0 Å². The van der Waals surface area contributed by atoms with Gasteiger partial charge in [0.2, 0.25) is 11.9 Å². The Kier molecular flexibility index (Phi) is 4.41. The summed E-state index contributed by atoms with van der Waals surface area (Å²) in [5, 5.41) is 2.96. The second kappa shape index (κ2) is 6.24. The Balaban J connectivity index is 2.13. The standard InChI is InChI=1S/C11H14N6O2S/c1-2-4-12-10-15-7-9(8-16-10)20(18,19)17-11-13-5-3-6-14-11/h3,5-8H,2,4H2,1H3,(H,12,15,16)(H,13,14,17). The van der Waals surface area contributed by atoms with Crippen LogP contribution in [0.2, 0.25) is 0 Å². The molecule has 20 heavy (non-hydrogen) atoms. The largest absolute Gasteiger partial charge is 0.354 e. The van der Waals surface area contributed by atoms with Crippen molar-refractivity contribution in [1.29, 1.82) is 0 Å². The molecule has 2 aromatic heterocycles. The first-order chi connectivity index (χ1) is 9.62. The van der Waals surface area contributed by atoms with Crippen molar-refractivity contribution in [2.75, 3.05) is 16.6 Å². The zero-order valence-electron chi connectivity index (χ0n) is 10.8. The third-order valence-corrected chi connectivity index (χ3v) is 3.55. The van der Waals surface area contributed by atoms with Crippen LogP contribution in [0.4, 0.5) is 11.9 Å². The number of hydrogen-bond acceptors (Lipinski definition) is 7. The van der Waals surface area contributed by atoms with Gasteiger partial charge < -0.3 is 5.32 Å². The van der Waals surface area contributed by atoms with Crippen LogP contribution < -0.4 is 10.0 Å². The molecule has 0 aliphatic rings. The molecule has 0 spiro atoms. The molecule has 9 heteroatoms. The lowest BCUT2D eigenvalue weighted by molar-refractivity contribution is 0.600. The smallest absolute Gasteiger partial charge is 0.267 e. The first kappa shape index (κ1) is 14.1. The lowest BCUT2D eigenvalue weighted by Gasteiger charge is -2.06. The van der Waals surface area contributed by atoms with Crippen molar-refractivity contribution in [3.05, 3.63) is 30.9 Å². The van der Waals surface area contributed by atoms with E-state index in [0.29, 0.717) is 5.95 Å². The highest BCUT2D eigenvalue weighted by molar-refractivity contribution is 7.92. The van der Waals surface area contributed by atoms with Crippen LogP contribution in [0.3, 0.4) is 0 Å². The highest BCUT2D eigenvalue weighted by atomic mass is 32.2. The number of rotatable bonds is 6. The minimum Gasteiger partial charge on any atom is -0.354 e. The summed E-state index contributed by atoms with van der Waals surface area (Å²) in [4.78, 5) is 15.4. The fourth-order valence-electron chi connectivity index (χ4n) is 1.31. The molecule has 0 atom stereocenters. The molecule has 0 unspecified atom stereocenters. The predicted octanol–water partition coefficient (Wildman–Crippen LogP) is 0.889. The van der Waals surface area contributed by atoms with Crippen molar-refractivity contribution in [1.82, 2.24) is 19.9 Å². The van der Waals surface area contributed by atoms with Crippen LogP contribution in [-0.2, 0) is 10.0 Å². The van der Waals surface area contributed by atoms with Gasteiger partial charge in [0.15, 0.2) is 0 Å². The van der Waals surface area contributed by atoms with E-state index in [1.807, 2.05) is 6.92 Å². The van der Waals surface area contributed by atoms with Crippen molar-refractivity contribution < 1.29 is 8.42 Å². The summed E-state index contributed by atoms with van der Waals surface area (Å²) in [6.07, 6.45) is 6.28. The molecule has 2 rings (SSSR count). The van der Waals surface area contributed by atoms with Gasteiger partial charge in [-0.1, -0.05) is 6.92 Å². The fraction of sp³-hybridized carbons (Fsp3) is 0.273. The fourth-order valence-corrected chi connectivity index (χ4v) is 2.16. The van der Waals surface area contributed by atoms with E-state index in [1.54, 1.807) is 6.07 Å². The van der Waals surface area contributed by atoms with E-state index in [-0.39, 0.29) is 10.8 Å². The van der Waals surface area contributed by atoms with Crippen LogP contribution in [0.25, 0.3) is 0 Å². The molecule has 2 heterocycles. The number of nitrogens with one attached hydrogen (secondary N) is 2. The minimum atomic E-state index is -3.78. The van der Waals surface area contributed by atoms with E-state index >= 15 is 0 Å². The van der Waals surface area contributed by atoms with Crippen molar-refractivity contribution in [2.24, 2.45) is 0 Å². The molecule has 0 fully saturated rings. The molecule has 2 aromatic rings. The van der Waals surface area contributed by atoms with E-state index in [9.17, 15) is 8.42 Å². The van der Waals surface area contributed by atoms with E-state index in [4.69, 9.17) is 0 Å². The van der Waals surface area contributed by atoms with Crippen molar-refractivity contribution >= 4 is 21.9 Å². The third kappa shape index (κ3) is 3.60. The van der Waals surface area contributed by atoms with Gasteiger partial charge in [-0.3, -0.25) is 0 Å². The van der Waals surface area contributed by atoms with E-state index < -0.39 is 10.0 Å². The van der Waals surface area contributed by atoms with Crippen LogP contribution in [0.15, 0.2) is 35.7 Å². The topological polar surface area (TPSA) is 110 Å². The van der Waals surface area contributed by atoms with Crippen LogP contribution in [0.5, 0.6) is 0 Å². The highest BCUT2D eigenvalue weighted by Gasteiger charge is 2.16. The SMILES string of the molecule is CCCNc1ncc(S(=O)(=O)Nc2ncccn2)cn1. The first-order valence-electron chi connectivity index (χ1n) is 5.97. The Morgan fingerprint density at radius 1 is 1.05 bits per heavy atom.